The highest BCUT2D eigenvalue weighted by molar-refractivity contribution is 6.36. The predicted molar refractivity (Wildman–Crippen MR) is 97.4 cm³/mol. The third-order valence-electron chi connectivity index (χ3n) is 4.31. The van der Waals surface area contributed by atoms with Crippen molar-refractivity contribution in [2.75, 3.05) is 19.8 Å². The second kappa shape index (κ2) is 14.7. The van der Waals surface area contributed by atoms with Crippen molar-refractivity contribution >= 4 is 9.53 Å². The Morgan fingerprint density at radius 1 is 0.636 bits per heavy atom. The maximum atomic E-state index is 6.17. The Morgan fingerprint density at radius 3 is 1.36 bits per heavy atom. The van der Waals surface area contributed by atoms with Crippen LogP contribution in [0, 0.1) is 5.41 Å². The van der Waals surface area contributed by atoms with Crippen molar-refractivity contribution in [2.24, 2.45) is 5.41 Å². The molecule has 134 valence electrons. The lowest BCUT2D eigenvalue weighted by atomic mass is 9.75. The van der Waals surface area contributed by atoms with Crippen LogP contribution in [-0.4, -0.2) is 29.3 Å². The highest BCUT2D eigenvalue weighted by Gasteiger charge is 2.30. The molecule has 0 N–H and O–H groups in total. The van der Waals surface area contributed by atoms with Crippen LogP contribution in [0.25, 0.3) is 0 Å². The maximum absolute atomic E-state index is 6.17. The minimum atomic E-state index is -1.94. The van der Waals surface area contributed by atoms with Gasteiger partial charge in [-0.2, -0.15) is 0 Å². The molecule has 0 radical (unpaired) electrons. The van der Waals surface area contributed by atoms with Gasteiger partial charge in [-0.3, -0.25) is 0 Å². The molecule has 0 aromatic carbocycles. The van der Waals surface area contributed by atoms with Gasteiger partial charge in [0.05, 0.1) is 0 Å². The minimum Gasteiger partial charge on any atom is -0.376 e. The fourth-order valence-corrected chi connectivity index (χ4v) is 4.23. The molecule has 0 aromatic rings. The van der Waals surface area contributed by atoms with Crippen LogP contribution in [0.2, 0.25) is 0 Å². The molecule has 0 atom stereocenters. The van der Waals surface area contributed by atoms with Gasteiger partial charge in [0, 0.05) is 19.8 Å². The van der Waals surface area contributed by atoms with Gasteiger partial charge >= 0.3 is 9.53 Å². The lowest BCUT2D eigenvalue weighted by Gasteiger charge is -2.35. The van der Waals surface area contributed by atoms with Gasteiger partial charge in [-0.25, -0.2) is 0 Å². The van der Waals surface area contributed by atoms with Crippen LogP contribution in [-0.2, 0) is 13.3 Å². The van der Waals surface area contributed by atoms with Crippen molar-refractivity contribution in [1.29, 1.82) is 0 Å². The summed E-state index contributed by atoms with van der Waals surface area (Å²) in [7, 11) is -1.94. The quantitative estimate of drug-likeness (QED) is 0.357. The SMILES string of the molecule is CCCCC(CCCC)(CCCC)CO[SiH](OCC)OCC. The van der Waals surface area contributed by atoms with Crippen LogP contribution < -0.4 is 0 Å². The first kappa shape index (κ1) is 22.1. The lowest BCUT2D eigenvalue weighted by Crippen LogP contribution is -2.35. The van der Waals surface area contributed by atoms with E-state index in [9.17, 15) is 0 Å². The Balaban J connectivity index is 4.73. The minimum absolute atomic E-state index is 0.335. The van der Waals surface area contributed by atoms with Crippen LogP contribution >= 0.6 is 0 Å². The van der Waals surface area contributed by atoms with Gasteiger partial charge in [0.15, 0.2) is 0 Å². The van der Waals surface area contributed by atoms with E-state index in [-0.39, 0.29) is 0 Å². The lowest BCUT2D eigenvalue weighted by molar-refractivity contribution is 0.0387. The van der Waals surface area contributed by atoms with Crippen LogP contribution in [0.1, 0.15) is 92.4 Å². The molecule has 4 heteroatoms. The summed E-state index contributed by atoms with van der Waals surface area (Å²) in [6.07, 6.45) is 11.5. The molecule has 0 spiro atoms. The smallest absolute Gasteiger partial charge is 0.376 e. The van der Waals surface area contributed by atoms with Crippen LogP contribution in [0.15, 0.2) is 0 Å². The Kier molecular flexibility index (Phi) is 14.7. The van der Waals surface area contributed by atoms with Crippen molar-refractivity contribution in [3.05, 3.63) is 0 Å². The first-order valence-corrected chi connectivity index (χ1v) is 10.9. The summed E-state index contributed by atoms with van der Waals surface area (Å²) < 4.78 is 17.5. The molecular weight excluding hydrogens is 292 g/mol. The summed E-state index contributed by atoms with van der Waals surface area (Å²) >= 11 is 0. The molecule has 3 nitrogen and oxygen atoms in total. The third kappa shape index (κ3) is 9.98. The predicted octanol–water partition coefficient (Wildman–Crippen LogP) is 5.35. The zero-order chi connectivity index (χ0) is 16.7. The fourth-order valence-electron chi connectivity index (χ4n) is 2.91. The van der Waals surface area contributed by atoms with Gasteiger partial charge in [-0.1, -0.05) is 59.3 Å². The second-order valence-electron chi connectivity index (χ2n) is 6.32. The van der Waals surface area contributed by atoms with Crippen molar-refractivity contribution < 1.29 is 13.3 Å². The van der Waals surface area contributed by atoms with Gasteiger partial charge in [0.2, 0.25) is 0 Å². The Morgan fingerprint density at radius 2 is 1.05 bits per heavy atom. The van der Waals surface area contributed by atoms with E-state index in [2.05, 4.69) is 20.8 Å². The number of hydrogen-bond acceptors (Lipinski definition) is 3. The first-order valence-electron chi connectivity index (χ1n) is 9.52. The van der Waals surface area contributed by atoms with E-state index in [1.807, 2.05) is 13.8 Å². The summed E-state index contributed by atoms with van der Waals surface area (Å²) in [6, 6.07) is 0. The van der Waals surface area contributed by atoms with Crippen molar-refractivity contribution in [1.82, 2.24) is 0 Å². The topological polar surface area (TPSA) is 27.7 Å². The molecule has 0 rings (SSSR count). The first-order chi connectivity index (χ1) is 10.7. The van der Waals surface area contributed by atoms with Gasteiger partial charge in [-0.05, 0) is 38.5 Å². The van der Waals surface area contributed by atoms with Gasteiger partial charge in [0.25, 0.3) is 0 Å². The molecule has 0 unspecified atom stereocenters. The largest absolute Gasteiger partial charge is 0.484 e. The van der Waals surface area contributed by atoms with E-state index in [0.717, 1.165) is 6.61 Å². The highest BCUT2D eigenvalue weighted by Crippen LogP contribution is 2.37. The molecule has 0 aliphatic rings. The summed E-state index contributed by atoms with van der Waals surface area (Å²) in [4.78, 5) is 0. The van der Waals surface area contributed by atoms with Crippen molar-refractivity contribution in [3.63, 3.8) is 0 Å². The standard InChI is InChI=1S/C18H40O3Si/c1-6-11-14-18(15-12-7-2,16-13-8-3)17-21-22(19-9-4)20-10-5/h22H,6-17H2,1-5H3. The van der Waals surface area contributed by atoms with Crippen LogP contribution in [0.3, 0.4) is 0 Å². The summed E-state index contributed by atoms with van der Waals surface area (Å²) in [6.45, 7) is 13.1. The zero-order valence-electron chi connectivity index (χ0n) is 15.8. The third-order valence-corrected chi connectivity index (χ3v) is 5.96. The van der Waals surface area contributed by atoms with E-state index in [4.69, 9.17) is 13.3 Å². The van der Waals surface area contributed by atoms with Crippen molar-refractivity contribution in [2.45, 2.75) is 92.4 Å². The molecule has 0 bridgehead atoms. The Hall–Kier alpha value is 0.0969. The zero-order valence-corrected chi connectivity index (χ0v) is 16.9. The van der Waals surface area contributed by atoms with E-state index >= 15 is 0 Å². The van der Waals surface area contributed by atoms with Crippen molar-refractivity contribution in [3.8, 4) is 0 Å². The van der Waals surface area contributed by atoms with E-state index in [1.54, 1.807) is 0 Å². The van der Waals surface area contributed by atoms with E-state index in [1.165, 1.54) is 57.8 Å². The molecule has 0 aliphatic carbocycles. The molecule has 22 heavy (non-hydrogen) atoms. The molecule has 0 aliphatic heterocycles. The summed E-state index contributed by atoms with van der Waals surface area (Å²) in [5.41, 5.74) is 0.335. The highest BCUT2D eigenvalue weighted by atomic mass is 28.3. The normalized spacial score (nSPS) is 12.3. The molecule has 0 heterocycles. The second-order valence-corrected chi connectivity index (χ2v) is 7.90. The summed E-state index contributed by atoms with van der Waals surface area (Å²) in [5.74, 6) is 0. The molecular formula is C18H40O3Si. The number of rotatable bonds is 16. The van der Waals surface area contributed by atoms with Gasteiger partial charge in [0.1, 0.15) is 0 Å². The molecule has 0 saturated carbocycles. The Bertz CT molecular complexity index is 209. The average molecular weight is 333 g/mol. The van der Waals surface area contributed by atoms with Gasteiger partial charge in [-0.15, -0.1) is 0 Å². The maximum Gasteiger partial charge on any atom is 0.484 e. The fraction of sp³-hybridized carbons (Fsp3) is 1.00. The number of hydrogen-bond donors (Lipinski definition) is 0. The molecule has 0 saturated heterocycles. The van der Waals surface area contributed by atoms with Crippen LogP contribution in [0.5, 0.6) is 0 Å². The van der Waals surface area contributed by atoms with Gasteiger partial charge < -0.3 is 13.3 Å². The molecule has 0 aromatic heterocycles. The Labute approximate surface area is 141 Å². The summed E-state index contributed by atoms with van der Waals surface area (Å²) in [5, 5.41) is 0. The van der Waals surface area contributed by atoms with Crippen LogP contribution in [0.4, 0.5) is 0 Å². The molecule has 0 amide bonds. The molecule has 0 fully saturated rings. The van der Waals surface area contributed by atoms with E-state index < -0.39 is 9.53 Å². The van der Waals surface area contributed by atoms with E-state index in [0.29, 0.717) is 18.6 Å². The average Bonchev–Trinajstić information content (AvgIpc) is 2.53. The monoisotopic (exact) mass is 332 g/mol. The number of unbranched alkanes of at least 4 members (excludes halogenated alkanes) is 3.